The minimum absolute atomic E-state index is 0.0713. The molecule has 0 aliphatic carbocycles. The first-order valence-electron chi connectivity index (χ1n) is 8.50. The summed E-state index contributed by atoms with van der Waals surface area (Å²) in [4.78, 5) is 14.4. The van der Waals surface area contributed by atoms with E-state index in [0.29, 0.717) is 10.7 Å². The van der Waals surface area contributed by atoms with E-state index in [-0.39, 0.29) is 18.4 Å². The zero-order chi connectivity index (χ0) is 18.2. The molecule has 1 heterocycles. The molecule has 2 rings (SSSR count). The predicted molar refractivity (Wildman–Crippen MR) is 110 cm³/mol. The molecule has 2 atom stereocenters. The summed E-state index contributed by atoms with van der Waals surface area (Å²) in [5, 5.41) is 10.2. The molecule has 5 heteroatoms. The Morgan fingerprint density at radius 2 is 2.20 bits per heavy atom. The Labute approximate surface area is 159 Å². The third kappa shape index (κ3) is 6.10. The number of thioether (sulfide) groups is 1. The van der Waals surface area contributed by atoms with Crippen molar-refractivity contribution in [1.82, 2.24) is 4.90 Å². The molecule has 0 saturated carbocycles. The van der Waals surface area contributed by atoms with E-state index in [0.717, 1.165) is 24.2 Å². The molecule has 1 aliphatic heterocycles. The summed E-state index contributed by atoms with van der Waals surface area (Å²) in [6.45, 7) is 5.66. The molecule has 134 valence electrons. The maximum atomic E-state index is 12.7. The highest BCUT2D eigenvalue weighted by Gasteiger charge is 2.34. The normalized spacial score (nSPS) is 19.1. The molecular weight excluding hydrogens is 350 g/mol. The highest BCUT2D eigenvalue weighted by molar-refractivity contribution is 8.23. The molecular formula is C20H25NO2S2. The lowest BCUT2D eigenvalue weighted by Crippen LogP contribution is -2.41. The zero-order valence-corrected chi connectivity index (χ0v) is 16.2. The van der Waals surface area contributed by atoms with Crippen molar-refractivity contribution in [3.63, 3.8) is 0 Å². The number of hydrogen-bond acceptors (Lipinski definition) is 4. The third-order valence-electron chi connectivity index (χ3n) is 4.23. The molecule has 0 bridgehead atoms. The maximum absolute atomic E-state index is 12.7. The number of aliphatic hydroxyl groups excluding tert-OH is 1. The fourth-order valence-corrected chi connectivity index (χ4v) is 4.33. The average molecular weight is 376 g/mol. The van der Waals surface area contributed by atoms with Crippen molar-refractivity contribution in [2.24, 2.45) is 0 Å². The Morgan fingerprint density at radius 3 is 2.88 bits per heavy atom. The van der Waals surface area contributed by atoms with Crippen LogP contribution in [0.4, 0.5) is 0 Å². The second kappa shape index (κ2) is 9.90. The lowest BCUT2D eigenvalue weighted by molar-refractivity contribution is -0.130. The Kier molecular flexibility index (Phi) is 7.88. The topological polar surface area (TPSA) is 40.5 Å². The number of nitrogens with zero attached hydrogens (tertiary/aromatic N) is 1. The summed E-state index contributed by atoms with van der Waals surface area (Å²) < 4.78 is 0.626. The van der Waals surface area contributed by atoms with E-state index in [1.54, 1.807) is 22.7 Å². The van der Waals surface area contributed by atoms with Gasteiger partial charge in [-0.05, 0) is 31.7 Å². The van der Waals surface area contributed by atoms with Gasteiger partial charge in [0, 0.05) is 5.75 Å². The van der Waals surface area contributed by atoms with Gasteiger partial charge in [0.15, 0.2) is 0 Å². The SMILES string of the molecule is C=C/C=C(\C)CC[C@@H](O)CC(=O)N1C(=S)SC[C@H]1Cc1ccccc1. The van der Waals surface area contributed by atoms with Crippen molar-refractivity contribution in [1.29, 1.82) is 0 Å². The molecule has 1 aliphatic rings. The summed E-state index contributed by atoms with van der Waals surface area (Å²) in [5.41, 5.74) is 2.34. The van der Waals surface area contributed by atoms with Gasteiger partial charge in [0.2, 0.25) is 5.91 Å². The van der Waals surface area contributed by atoms with Crippen LogP contribution in [0.1, 0.15) is 31.7 Å². The average Bonchev–Trinajstić information content (AvgIpc) is 2.94. The van der Waals surface area contributed by atoms with Gasteiger partial charge in [0.25, 0.3) is 0 Å². The monoisotopic (exact) mass is 375 g/mol. The fraction of sp³-hybridized carbons (Fsp3) is 0.400. The van der Waals surface area contributed by atoms with Crippen LogP contribution in [0.25, 0.3) is 0 Å². The number of amides is 1. The summed E-state index contributed by atoms with van der Waals surface area (Å²) in [6, 6.07) is 10.2. The van der Waals surface area contributed by atoms with Crippen molar-refractivity contribution < 1.29 is 9.90 Å². The van der Waals surface area contributed by atoms with Crippen molar-refractivity contribution in [2.45, 2.75) is 44.8 Å². The molecule has 0 radical (unpaired) electrons. The van der Waals surface area contributed by atoms with Crippen LogP contribution in [0.5, 0.6) is 0 Å². The summed E-state index contributed by atoms with van der Waals surface area (Å²) in [6.07, 6.45) is 5.25. The van der Waals surface area contributed by atoms with Crippen molar-refractivity contribution in [3.05, 3.63) is 60.2 Å². The van der Waals surface area contributed by atoms with E-state index in [1.165, 1.54) is 5.56 Å². The number of carbonyl (C=O) groups excluding carboxylic acids is 1. The number of carbonyl (C=O) groups is 1. The number of thiocarbonyl (C=S) groups is 1. The van der Waals surface area contributed by atoms with Gasteiger partial charge in [-0.1, -0.05) is 78.6 Å². The number of allylic oxidation sites excluding steroid dienone is 3. The van der Waals surface area contributed by atoms with Crippen LogP contribution in [0.2, 0.25) is 0 Å². The maximum Gasteiger partial charge on any atom is 0.230 e. The molecule has 1 N–H and O–H groups in total. The molecule has 0 unspecified atom stereocenters. The van der Waals surface area contributed by atoms with Crippen molar-refractivity contribution >= 4 is 34.2 Å². The summed E-state index contributed by atoms with van der Waals surface area (Å²) in [7, 11) is 0. The molecule has 1 fully saturated rings. The second-order valence-electron chi connectivity index (χ2n) is 6.33. The quantitative estimate of drug-likeness (QED) is 0.548. The van der Waals surface area contributed by atoms with Gasteiger partial charge >= 0.3 is 0 Å². The van der Waals surface area contributed by atoms with Crippen LogP contribution >= 0.6 is 24.0 Å². The molecule has 25 heavy (non-hydrogen) atoms. The van der Waals surface area contributed by atoms with Crippen molar-refractivity contribution in [2.75, 3.05) is 5.75 Å². The van der Waals surface area contributed by atoms with Crippen LogP contribution in [-0.4, -0.2) is 38.1 Å². The van der Waals surface area contributed by atoms with Crippen LogP contribution in [0, 0.1) is 0 Å². The lowest BCUT2D eigenvalue weighted by atomic mass is 10.0. The van der Waals surface area contributed by atoms with Crippen LogP contribution in [0.15, 0.2) is 54.6 Å². The Morgan fingerprint density at radius 1 is 1.48 bits per heavy atom. The summed E-state index contributed by atoms with van der Waals surface area (Å²) in [5.74, 6) is 0.741. The molecule has 1 saturated heterocycles. The third-order valence-corrected chi connectivity index (χ3v) is 5.77. The zero-order valence-electron chi connectivity index (χ0n) is 14.6. The molecule has 1 aromatic rings. The molecule has 0 spiro atoms. The smallest absolute Gasteiger partial charge is 0.230 e. The van der Waals surface area contributed by atoms with Gasteiger partial charge < -0.3 is 5.11 Å². The van der Waals surface area contributed by atoms with Crippen LogP contribution in [0.3, 0.4) is 0 Å². The number of rotatable bonds is 8. The van der Waals surface area contributed by atoms with Gasteiger partial charge in [-0.2, -0.15) is 0 Å². The van der Waals surface area contributed by atoms with E-state index in [1.807, 2.05) is 31.2 Å². The van der Waals surface area contributed by atoms with E-state index in [2.05, 4.69) is 18.7 Å². The molecule has 1 amide bonds. The van der Waals surface area contributed by atoms with Gasteiger partial charge in [0.05, 0.1) is 18.6 Å². The van der Waals surface area contributed by atoms with E-state index in [9.17, 15) is 9.90 Å². The van der Waals surface area contributed by atoms with Gasteiger partial charge in [0.1, 0.15) is 4.32 Å². The van der Waals surface area contributed by atoms with Crippen LogP contribution in [-0.2, 0) is 11.2 Å². The van der Waals surface area contributed by atoms with Crippen LogP contribution < -0.4 is 0 Å². The lowest BCUT2D eigenvalue weighted by Gasteiger charge is -2.25. The Bertz CT molecular complexity index is 642. The minimum Gasteiger partial charge on any atom is -0.393 e. The highest BCUT2D eigenvalue weighted by atomic mass is 32.2. The fourth-order valence-electron chi connectivity index (χ4n) is 2.88. The molecule has 0 aromatic heterocycles. The number of benzene rings is 1. The first kappa shape index (κ1) is 19.9. The van der Waals surface area contributed by atoms with E-state index < -0.39 is 6.10 Å². The number of hydrogen-bond donors (Lipinski definition) is 1. The number of aliphatic hydroxyl groups is 1. The minimum atomic E-state index is -0.647. The Balaban J connectivity index is 1.92. The van der Waals surface area contributed by atoms with Gasteiger partial charge in [-0.15, -0.1) is 0 Å². The largest absolute Gasteiger partial charge is 0.393 e. The second-order valence-corrected chi connectivity index (χ2v) is 7.98. The highest BCUT2D eigenvalue weighted by Crippen LogP contribution is 2.28. The summed E-state index contributed by atoms with van der Waals surface area (Å²) >= 11 is 6.92. The van der Waals surface area contributed by atoms with E-state index in [4.69, 9.17) is 12.2 Å². The van der Waals surface area contributed by atoms with Crippen molar-refractivity contribution in [3.8, 4) is 0 Å². The molecule has 1 aromatic carbocycles. The Hall–Kier alpha value is -1.43. The first-order valence-corrected chi connectivity index (χ1v) is 9.89. The predicted octanol–water partition coefficient (Wildman–Crippen LogP) is 4.12. The standard InChI is InChI=1S/C20H25NO2S2/c1-3-7-15(2)10-11-18(22)13-19(23)21-17(14-25-20(21)24)12-16-8-5-4-6-9-16/h3-9,17-18,22H,1,10-14H2,2H3/b15-7+/t17-,18-/m1/s1. The molecule has 3 nitrogen and oxygen atoms in total. The van der Waals surface area contributed by atoms with Gasteiger partial charge in [-0.3, -0.25) is 9.69 Å². The first-order chi connectivity index (χ1) is 12.0. The van der Waals surface area contributed by atoms with E-state index >= 15 is 0 Å². The van der Waals surface area contributed by atoms with Gasteiger partial charge in [-0.25, -0.2) is 0 Å².